The van der Waals surface area contributed by atoms with Gasteiger partial charge in [0.2, 0.25) is 23.6 Å². The maximum Gasteiger partial charge on any atom is 0.305 e. The number of carboxylic acid groups (broad SMARTS) is 3. The Morgan fingerprint density at radius 1 is 0.659 bits per heavy atom. The number of nitrogens with one attached hydrogen (secondary N) is 4. The van der Waals surface area contributed by atoms with Crippen molar-refractivity contribution >= 4 is 47.3 Å². The molecule has 4 atom stereocenters. The molecule has 1 rings (SSSR count). The van der Waals surface area contributed by atoms with E-state index in [1.54, 1.807) is 13.8 Å². The van der Waals surface area contributed by atoms with Gasteiger partial charge in [-0.2, -0.15) is 0 Å². The molecule has 0 bridgehead atoms. The van der Waals surface area contributed by atoms with Gasteiger partial charge in [-0.15, -0.1) is 0 Å². The van der Waals surface area contributed by atoms with Gasteiger partial charge in [0.15, 0.2) is 5.78 Å². The molecule has 1 aliphatic rings. The lowest BCUT2D eigenvalue weighted by molar-refractivity contribution is -0.142. The molecule has 15 nitrogen and oxygen atoms in total. The number of Topliss-reactive ketones (excluding diaryl/α,β-unsaturated/α-hetero) is 1. The lowest BCUT2D eigenvalue weighted by Crippen LogP contribution is -2.59. The summed E-state index contributed by atoms with van der Waals surface area (Å²) < 4.78 is 0. The fourth-order valence-electron chi connectivity index (χ4n) is 4.56. The van der Waals surface area contributed by atoms with Gasteiger partial charge >= 0.3 is 17.9 Å². The number of amides is 4. The van der Waals surface area contributed by atoms with E-state index in [0.717, 1.165) is 26.2 Å². The third-order valence-electron chi connectivity index (χ3n) is 6.65. The van der Waals surface area contributed by atoms with E-state index < -0.39 is 109 Å². The number of carbonyl (C=O) groups excluding carboxylic acids is 5. The van der Waals surface area contributed by atoms with Gasteiger partial charge in [0, 0.05) is 19.3 Å². The van der Waals surface area contributed by atoms with Gasteiger partial charge in [0.25, 0.3) is 0 Å². The molecule has 41 heavy (non-hydrogen) atoms. The van der Waals surface area contributed by atoms with Crippen LogP contribution in [0.25, 0.3) is 0 Å². The number of ketones is 1. The zero-order chi connectivity index (χ0) is 31.3. The average molecular weight is 585 g/mol. The van der Waals surface area contributed by atoms with Crippen molar-refractivity contribution in [1.82, 2.24) is 21.3 Å². The van der Waals surface area contributed by atoms with Crippen LogP contribution >= 0.6 is 0 Å². The number of hydrogen-bond donors (Lipinski definition) is 7. The highest BCUT2D eigenvalue weighted by Gasteiger charge is 2.35. The third-order valence-corrected chi connectivity index (χ3v) is 6.65. The van der Waals surface area contributed by atoms with E-state index in [0.29, 0.717) is 12.8 Å². The first-order valence-corrected chi connectivity index (χ1v) is 13.5. The number of hydrogen-bond acceptors (Lipinski definition) is 8. The molecule has 0 aromatic rings. The minimum atomic E-state index is -1.56. The topological polar surface area (TPSA) is 245 Å². The maximum atomic E-state index is 13.2. The number of rotatable bonds is 17. The molecular formula is C26H40N4O11. The molecule has 0 spiro atoms. The van der Waals surface area contributed by atoms with E-state index in [1.165, 1.54) is 0 Å². The first-order valence-electron chi connectivity index (χ1n) is 13.5. The second kappa shape index (κ2) is 16.9. The summed E-state index contributed by atoms with van der Waals surface area (Å²) in [7, 11) is 0. The third kappa shape index (κ3) is 12.8. The van der Waals surface area contributed by atoms with Crippen molar-refractivity contribution in [2.45, 2.75) is 103 Å². The fourth-order valence-corrected chi connectivity index (χ4v) is 4.56. The normalized spacial score (nSPS) is 16.4. The molecule has 4 amide bonds. The second-order valence-electron chi connectivity index (χ2n) is 10.5. The SMILES string of the molecule is CC(=O)N[C@@H](CC(=O)O)C(=O)N[C@@H](CCC(=O)O)C(=O)N[C@H](C(=O)N[C@@H](CC(=O)O)C(=O)C1CCCCC1)C(C)C. The van der Waals surface area contributed by atoms with E-state index in [1.807, 2.05) is 0 Å². The van der Waals surface area contributed by atoms with E-state index in [-0.39, 0.29) is 0 Å². The van der Waals surface area contributed by atoms with Crippen molar-refractivity contribution < 1.29 is 53.7 Å². The summed E-state index contributed by atoms with van der Waals surface area (Å²) in [6.07, 6.45) is 1.30. The smallest absolute Gasteiger partial charge is 0.305 e. The molecule has 230 valence electrons. The summed E-state index contributed by atoms with van der Waals surface area (Å²) in [6.45, 7) is 4.20. The van der Waals surface area contributed by atoms with Crippen molar-refractivity contribution in [3.05, 3.63) is 0 Å². The molecule has 0 radical (unpaired) electrons. The highest BCUT2D eigenvalue weighted by Crippen LogP contribution is 2.26. The van der Waals surface area contributed by atoms with Crippen molar-refractivity contribution in [1.29, 1.82) is 0 Å². The molecule has 1 fully saturated rings. The van der Waals surface area contributed by atoms with E-state index in [9.17, 15) is 43.5 Å². The molecule has 0 aliphatic heterocycles. The van der Waals surface area contributed by atoms with Crippen LogP contribution in [0.4, 0.5) is 0 Å². The Hall–Kier alpha value is -4.04. The summed E-state index contributed by atoms with van der Waals surface area (Å²) >= 11 is 0. The number of aliphatic carboxylic acids is 3. The van der Waals surface area contributed by atoms with Crippen LogP contribution in [0.2, 0.25) is 0 Å². The minimum absolute atomic E-state index is 0.390. The zero-order valence-corrected chi connectivity index (χ0v) is 23.4. The molecule has 0 aromatic carbocycles. The molecule has 1 saturated carbocycles. The average Bonchev–Trinajstić information content (AvgIpc) is 2.87. The highest BCUT2D eigenvalue weighted by molar-refractivity contribution is 5.97. The summed E-state index contributed by atoms with van der Waals surface area (Å²) in [5.41, 5.74) is 0. The van der Waals surface area contributed by atoms with Crippen LogP contribution in [0.3, 0.4) is 0 Å². The van der Waals surface area contributed by atoms with Crippen LogP contribution in [0.1, 0.15) is 78.6 Å². The van der Waals surface area contributed by atoms with Gasteiger partial charge in [-0.1, -0.05) is 33.1 Å². The second-order valence-corrected chi connectivity index (χ2v) is 10.5. The summed E-state index contributed by atoms with van der Waals surface area (Å²) in [5.74, 6) is -8.96. The molecule has 0 aromatic heterocycles. The predicted octanol–water partition coefficient (Wildman–Crippen LogP) is -0.435. The standard InChI is InChI=1S/C26H40N4O11/c1-13(2)22(26(41)29-17(11-20(34)35)23(38)15-7-5-4-6-8-15)30-24(39)16(9-10-19(32)33)28-25(40)18(12-21(36)37)27-14(3)31/h13,15-18,22H,4-12H2,1-3H3,(H,27,31)(H,28,40)(H,29,41)(H,30,39)(H,32,33)(H,34,35)(H,36,37)/t16-,17-,18-,22-/m0/s1. The van der Waals surface area contributed by atoms with Gasteiger partial charge in [-0.25, -0.2) is 0 Å². The molecule has 7 N–H and O–H groups in total. The monoisotopic (exact) mass is 584 g/mol. The van der Waals surface area contributed by atoms with Gasteiger partial charge in [-0.05, 0) is 25.2 Å². The van der Waals surface area contributed by atoms with Crippen molar-refractivity contribution in [2.75, 3.05) is 0 Å². The van der Waals surface area contributed by atoms with Crippen LogP contribution in [-0.2, 0) is 38.4 Å². The first kappa shape index (κ1) is 35.0. The van der Waals surface area contributed by atoms with Gasteiger partial charge in [0.05, 0.1) is 18.9 Å². The largest absolute Gasteiger partial charge is 0.481 e. The van der Waals surface area contributed by atoms with E-state index >= 15 is 0 Å². The Morgan fingerprint density at radius 2 is 1.17 bits per heavy atom. The Kier molecular flexibility index (Phi) is 14.4. The van der Waals surface area contributed by atoms with Crippen molar-refractivity contribution in [2.24, 2.45) is 11.8 Å². The van der Waals surface area contributed by atoms with Crippen LogP contribution < -0.4 is 21.3 Å². The molecule has 0 saturated heterocycles. The fraction of sp³-hybridized carbons (Fsp3) is 0.692. The van der Waals surface area contributed by atoms with Crippen molar-refractivity contribution in [3.8, 4) is 0 Å². The Bertz CT molecular complexity index is 991. The maximum absolute atomic E-state index is 13.2. The lowest BCUT2D eigenvalue weighted by atomic mass is 9.83. The van der Waals surface area contributed by atoms with Crippen LogP contribution in [0.5, 0.6) is 0 Å². The summed E-state index contributed by atoms with van der Waals surface area (Å²) in [4.78, 5) is 97.3. The first-order chi connectivity index (χ1) is 19.1. The zero-order valence-electron chi connectivity index (χ0n) is 23.4. The molecule has 0 unspecified atom stereocenters. The molecular weight excluding hydrogens is 544 g/mol. The Balaban J connectivity index is 3.11. The minimum Gasteiger partial charge on any atom is -0.481 e. The number of carboxylic acids is 3. The van der Waals surface area contributed by atoms with Gasteiger partial charge < -0.3 is 36.6 Å². The summed E-state index contributed by atoms with van der Waals surface area (Å²) in [5, 5.41) is 36.7. The van der Waals surface area contributed by atoms with Gasteiger partial charge in [0.1, 0.15) is 18.1 Å². The predicted molar refractivity (Wildman–Crippen MR) is 141 cm³/mol. The summed E-state index contributed by atoms with van der Waals surface area (Å²) in [6, 6.07) is -5.71. The molecule has 0 heterocycles. The Labute approximate surface area is 237 Å². The van der Waals surface area contributed by atoms with Gasteiger partial charge in [-0.3, -0.25) is 38.4 Å². The van der Waals surface area contributed by atoms with Crippen molar-refractivity contribution in [3.63, 3.8) is 0 Å². The Morgan fingerprint density at radius 3 is 1.66 bits per heavy atom. The van der Waals surface area contributed by atoms with E-state index in [4.69, 9.17) is 10.2 Å². The van der Waals surface area contributed by atoms with Crippen LogP contribution in [0.15, 0.2) is 0 Å². The number of carbonyl (C=O) groups is 8. The molecule has 1 aliphatic carbocycles. The molecule has 15 heteroatoms. The van der Waals surface area contributed by atoms with Crippen LogP contribution in [0, 0.1) is 11.8 Å². The lowest BCUT2D eigenvalue weighted by Gasteiger charge is -2.29. The quantitative estimate of drug-likeness (QED) is 0.115. The van der Waals surface area contributed by atoms with E-state index in [2.05, 4.69) is 21.3 Å². The van der Waals surface area contributed by atoms with Crippen LogP contribution in [-0.4, -0.2) is 86.8 Å². The highest BCUT2D eigenvalue weighted by atomic mass is 16.4.